The van der Waals surface area contributed by atoms with Crippen molar-refractivity contribution in [3.05, 3.63) is 27.2 Å². The number of alkyl halides is 1. The van der Waals surface area contributed by atoms with E-state index in [1.54, 1.807) is 0 Å². The van der Waals surface area contributed by atoms with Crippen molar-refractivity contribution in [1.29, 1.82) is 0 Å². The minimum Gasteiger partial charge on any atom is -0.325 e. The van der Waals surface area contributed by atoms with Gasteiger partial charge in [-0.25, -0.2) is 0 Å². The van der Waals surface area contributed by atoms with Gasteiger partial charge >= 0.3 is 0 Å². The molecular formula is C9H7BrCl3NO. The molecule has 0 aromatic heterocycles. The van der Waals surface area contributed by atoms with Gasteiger partial charge < -0.3 is 5.32 Å². The Morgan fingerprint density at radius 2 is 1.80 bits per heavy atom. The highest BCUT2D eigenvalue weighted by molar-refractivity contribution is 9.09. The van der Waals surface area contributed by atoms with Gasteiger partial charge in [0, 0.05) is 11.8 Å². The fourth-order valence-electron chi connectivity index (χ4n) is 0.917. The molecule has 1 aromatic rings. The van der Waals surface area contributed by atoms with Crippen molar-refractivity contribution in [3.63, 3.8) is 0 Å². The summed E-state index contributed by atoms with van der Waals surface area (Å²) < 4.78 is 0. The SMILES string of the molecule is O=C(CCBr)Nc1cc(Cl)c(Cl)cc1Cl. The number of nitrogens with one attached hydrogen (secondary N) is 1. The van der Waals surface area contributed by atoms with Gasteiger partial charge in [0.1, 0.15) is 0 Å². The van der Waals surface area contributed by atoms with E-state index in [9.17, 15) is 4.79 Å². The van der Waals surface area contributed by atoms with Crippen LogP contribution in [-0.4, -0.2) is 11.2 Å². The number of carbonyl (C=O) groups is 1. The Bertz CT molecular complexity index is 384. The lowest BCUT2D eigenvalue weighted by Crippen LogP contribution is -2.11. The van der Waals surface area contributed by atoms with Crippen molar-refractivity contribution in [1.82, 2.24) is 0 Å². The third-order valence-corrected chi connectivity index (χ3v) is 3.04. The van der Waals surface area contributed by atoms with Gasteiger partial charge in [-0.15, -0.1) is 0 Å². The fourth-order valence-corrected chi connectivity index (χ4v) is 1.87. The molecule has 0 aliphatic heterocycles. The number of carbonyl (C=O) groups excluding carboxylic acids is 1. The summed E-state index contributed by atoms with van der Waals surface area (Å²) in [7, 11) is 0. The van der Waals surface area contributed by atoms with E-state index in [1.807, 2.05) is 0 Å². The minimum atomic E-state index is -0.132. The maximum absolute atomic E-state index is 11.3. The second kappa shape index (κ2) is 5.94. The summed E-state index contributed by atoms with van der Waals surface area (Å²) >= 11 is 20.6. The molecule has 0 heterocycles. The van der Waals surface area contributed by atoms with E-state index in [2.05, 4.69) is 21.2 Å². The summed E-state index contributed by atoms with van der Waals surface area (Å²) in [6, 6.07) is 3.02. The Morgan fingerprint density at radius 3 is 2.40 bits per heavy atom. The molecule has 6 heteroatoms. The first-order chi connectivity index (χ1) is 7.04. The van der Waals surface area contributed by atoms with E-state index in [-0.39, 0.29) is 5.91 Å². The average molecular weight is 331 g/mol. The molecule has 0 radical (unpaired) electrons. The third-order valence-electron chi connectivity index (χ3n) is 1.61. The van der Waals surface area contributed by atoms with E-state index in [0.29, 0.717) is 32.5 Å². The van der Waals surface area contributed by atoms with Crippen LogP contribution >= 0.6 is 50.7 Å². The van der Waals surface area contributed by atoms with E-state index < -0.39 is 0 Å². The Hall–Kier alpha value is 0.0400. The third kappa shape index (κ3) is 3.83. The summed E-state index contributed by atoms with van der Waals surface area (Å²) in [5.41, 5.74) is 0.469. The molecule has 1 N–H and O–H groups in total. The van der Waals surface area contributed by atoms with E-state index in [1.165, 1.54) is 12.1 Å². The van der Waals surface area contributed by atoms with Crippen molar-refractivity contribution >= 4 is 62.3 Å². The predicted molar refractivity (Wildman–Crippen MR) is 68.5 cm³/mol. The van der Waals surface area contributed by atoms with Crippen LogP contribution in [-0.2, 0) is 4.79 Å². The fraction of sp³-hybridized carbons (Fsp3) is 0.222. The van der Waals surface area contributed by atoms with E-state index in [4.69, 9.17) is 34.8 Å². The number of amides is 1. The normalized spacial score (nSPS) is 10.1. The van der Waals surface area contributed by atoms with Gasteiger partial charge in [0.15, 0.2) is 0 Å². The second-order valence-corrected chi connectivity index (χ2v) is 4.75. The highest BCUT2D eigenvalue weighted by atomic mass is 79.9. The zero-order valence-electron chi connectivity index (χ0n) is 7.49. The molecule has 0 spiro atoms. The van der Waals surface area contributed by atoms with Crippen molar-refractivity contribution < 1.29 is 4.79 Å². The second-order valence-electron chi connectivity index (χ2n) is 2.73. The highest BCUT2D eigenvalue weighted by Gasteiger charge is 2.08. The standard InChI is InChI=1S/C9H7BrCl3NO/c10-2-1-9(15)14-8-4-6(12)5(11)3-7(8)13/h3-4H,1-2H2,(H,14,15). The number of halogens is 4. The lowest BCUT2D eigenvalue weighted by Gasteiger charge is -2.07. The van der Waals surface area contributed by atoms with Gasteiger partial charge in [-0.2, -0.15) is 0 Å². The van der Waals surface area contributed by atoms with Crippen LogP contribution in [0.25, 0.3) is 0 Å². The van der Waals surface area contributed by atoms with Gasteiger partial charge in [-0.05, 0) is 12.1 Å². The van der Waals surface area contributed by atoms with Crippen molar-refractivity contribution in [3.8, 4) is 0 Å². The quantitative estimate of drug-likeness (QED) is 0.647. The van der Waals surface area contributed by atoms with E-state index in [0.717, 1.165) is 0 Å². The molecule has 0 saturated heterocycles. The molecule has 2 nitrogen and oxygen atoms in total. The molecule has 0 aliphatic rings. The van der Waals surface area contributed by atoms with Gasteiger partial charge in [0.05, 0.1) is 20.8 Å². The zero-order valence-corrected chi connectivity index (χ0v) is 11.3. The molecule has 0 fully saturated rings. The maximum Gasteiger partial charge on any atom is 0.225 e. The monoisotopic (exact) mass is 329 g/mol. The Balaban J connectivity index is 2.86. The van der Waals surface area contributed by atoms with Gasteiger partial charge in [-0.1, -0.05) is 50.7 Å². The number of hydrogen-bond donors (Lipinski definition) is 1. The lowest BCUT2D eigenvalue weighted by atomic mass is 10.3. The smallest absolute Gasteiger partial charge is 0.225 e. The van der Waals surface area contributed by atoms with Crippen LogP contribution < -0.4 is 5.32 Å². The Labute approximate surface area is 111 Å². The molecule has 0 saturated carbocycles. The molecule has 1 amide bonds. The topological polar surface area (TPSA) is 29.1 Å². The number of anilines is 1. The van der Waals surface area contributed by atoms with Crippen LogP contribution in [0, 0.1) is 0 Å². The minimum absolute atomic E-state index is 0.132. The lowest BCUT2D eigenvalue weighted by molar-refractivity contribution is -0.115. The van der Waals surface area contributed by atoms with Crippen LogP contribution in [0.3, 0.4) is 0 Å². The van der Waals surface area contributed by atoms with E-state index >= 15 is 0 Å². The number of rotatable bonds is 3. The maximum atomic E-state index is 11.3. The van der Waals surface area contributed by atoms with Crippen LogP contribution in [0.2, 0.25) is 15.1 Å². The molecule has 1 rings (SSSR count). The zero-order chi connectivity index (χ0) is 11.4. The molecule has 1 aromatic carbocycles. The molecular weight excluding hydrogens is 324 g/mol. The van der Waals surface area contributed by atoms with Crippen LogP contribution in [0.4, 0.5) is 5.69 Å². The first-order valence-electron chi connectivity index (χ1n) is 4.05. The summed E-state index contributed by atoms with van der Waals surface area (Å²) in [5, 5.41) is 4.32. The predicted octanol–water partition coefficient (Wildman–Crippen LogP) is 4.37. The molecule has 0 aliphatic carbocycles. The number of benzene rings is 1. The Kier molecular flexibility index (Phi) is 5.19. The van der Waals surface area contributed by atoms with Gasteiger partial charge in [0.2, 0.25) is 5.91 Å². The first-order valence-corrected chi connectivity index (χ1v) is 6.30. The van der Waals surface area contributed by atoms with Crippen LogP contribution in [0.5, 0.6) is 0 Å². The summed E-state index contributed by atoms with van der Waals surface area (Å²) in [4.78, 5) is 11.3. The largest absolute Gasteiger partial charge is 0.325 e. The van der Waals surface area contributed by atoms with Crippen LogP contribution in [0.15, 0.2) is 12.1 Å². The Morgan fingerprint density at radius 1 is 1.20 bits per heavy atom. The van der Waals surface area contributed by atoms with Gasteiger partial charge in [0.25, 0.3) is 0 Å². The summed E-state index contributed by atoms with van der Waals surface area (Å²) in [6.07, 6.45) is 0.372. The molecule has 15 heavy (non-hydrogen) atoms. The molecule has 82 valence electrons. The molecule has 0 unspecified atom stereocenters. The first kappa shape index (κ1) is 13.1. The van der Waals surface area contributed by atoms with Crippen molar-refractivity contribution in [2.75, 3.05) is 10.6 Å². The summed E-state index contributed by atoms with van der Waals surface area (Å²) in [5.74, 6) is -0.132. The highest BCUT2D eigenvalue weighted by Crippen LogP contribution is 2.32. The molecule has 0 atom stereocenters. The van der Waals surface area contributed by atoms with Gasteiger partial charge in [-0.3, -0.25) is 4.79 Å². The van der Waals surface area contributed by atoms with Crippen LogP contribution in [0.1, 0.15) is 6.42 Å². The molecule has 0 bridgehead atoms. The van der Waals surface area contributed by atoms with Crippen molar-refractivity contribution in [2.45, 2.75) is 6.42 Å². The summed E-state index contributed by atoms with van der Waals surface area (Å²) in [6.45, 7) is 0. The number of hydrogen-bond acceptors (Lipinski definition) is 1. The average Bonchev–Trinajstić information content (AvgIpc) is 2.14. The van der Waals surface area contributed by atoms with Crippen molar-refractivity contribution in [2.24, 2.45) is 0 Å².